The molecule has 3 aromatic rings. The van der Waals surface area contributed by atoms with Gasteiger partial charge in [0.05, 0.1) is 15.5 Å². The van der Waals surface area contributed by atoms with Gasteiger partial charge < -0.3 is 10.4 Å². The van der Waals surface area contributed by atoms with Gasteiger partial charge in [0.1, 0.15) is 5.69 Å². The van der Waals surface area contributed by atoms with Gasteiger partial charge in [-0.2, -0.15) is 13.2 Å². The van der Waals surface area contributed by atoms with Crippen LogP contribution in [0.4, 0.5) is 24.8 Å². The van der Waals surface area contributed by atoms with Crippen LogP contribution < -0.4 is 5.32 Å². The smallest absolute Gasteiger partial charge is 0.390 e. The lowest BCUT2D eigenvalue weighted by Gasteiger charge is -2.15. The minimum atomic E-state index is -4.53. The lowest BCUT2D eigenvalue weighted by molar-refractivity contribution is -0.141. The molecule has 0 atom stereocenters. The average Bonchev–Trinajstić information content (AvgIpc) is 3.08. The number of hydrogen-bond acceptors (Lipinski definition) is 6. The summed E-state index contributed by atoms with van der Waals surface area (Å²) in [5, 5.41) is 13.6. The van der Waals surface area contributed by atoms with Crippen LogP contribution in [0, 0.1) is 6.92 Å². The van der Waals surface area contributed by atoms with Crippen molar-refractivity contribution in [2.45, 2.75) is 45.4 Å². The molecule has 0 spiro atoms. The first-order valence-corrected chi connectivity index (χ1v) is 9.78. The van der Waals surface area contributed by atoms with Crippen molar-refractivity contribution < 1.29 is 18.3 Å². The summed E-state index contributed by atoms with van der Waals surface area (Å²) >= 11 is 1.53. The number of alkyl halides is 3. The molecule has 0 bridgehead atoms. The van der Waals surface area contributed by atoms with Crippen LogP contribution in [0.2, 0.25) is 0 Å². The molecule has 2 aromatic heterocycles. The zero-order chi connectivity index (χ0) is 21.2. The monoisotopic (exact) mass is 422 g/mol. The normalized spacial score (nSPS) is 12.2. The highest BCUT2D eigenvalue weighted by Crippen LogP contribution is 2.32. The van der Waals surface area contributed by atoms with Gasteiger partial charge in [-0.3, -0.25) is 0 Å². The maximum atomic E-state index is 12.9. The number of rotatable bonds is 6. The number of anilines is 2. The summed E-state index contributed by atoms with van der Waals surface area (Å²) in [7, 11) is 0. The summed E-state index contributed by atoms with van der Waals surface area (Å²) in [5.41, 5.74) is 0.666. The van der Waals surface area contributed by atoms with Crippen molar-refractivity contribution >= 4 is 23.0 Å². The molecular formula is C20H21F3N4OS. The van der Waals surface area contributed by atoms with Crippen molar-refractivity contribution in [3.05, 3.63) is 52.9 Å². The van der Waals surface area contributed by atoms with Gasteiger partial charge in [0.15, 0.2) is 0 Å². The Morgan fingerprint density at radius 2 is 1.90 bits per heavy atom. The predicted octanol–water partition coefficient (Wildman–Crippen LogP) is 5.37. The number of aliphatic hydroxyl groups is 1. The molecule has 0 saturated heterocycles. The summed E-state index contributed by atoms with van der Waals surface area (Å²) in [6.07, 6.45) is -0.410. The van der Waals surface area contributed by atoms with Crippen molar-refractivity contribution in [1.82, 2.24) is 15.0 Å². The zero-order valence-electron chi connectivity index (χ0n) is 16.2. The van der Waals surface area contributed by atoms with E-state index in [1.54, 1.807) is 20.0 Å². The van der Waals surface area contributed by atoms with Gasteiger partial charge in [0, 0.05) is 24.5 Å². The molecule has 5 nitrogen and oxygen atoms in total. The Morgan fingerprint density at radius 1 is 1.14 bits per heavy atom. The molecule has 0 radical (unpaired) electrons. The molecule has 2 heterocycles. The first-order valence-electron chi connectivity index (χ1n) is 8.96. The zero-order valence-corrected chi connectivity index (χ0v) is 17.0. The van der Waals surface area contributed by atoms with Gasteiger partial charge in [-0.05, 0) is 56.5 Å². The molecule has 0 aliphatic rings. The molecule has 3 rings (SSSR count). The lowest BCUT2D eigenvalue weighted by Crippen LogP contribution is -2.19. The maximum Gasteiger partial charge on any atom is 0.433 e. The summed E-state index contributed by atoms with van der Waals surface area (Å²) in [5.74, 6) is -0.119. The summed E-state index contributed by atoms with van der Waals surface area (Å²) in [6, 6.07) is 6.44. The molecule has 29 heavy (non-hydrogen) atoms. The van der Waals surface area contributed by atoms with Crippen LogP contribution in [0.5, 0.6) is 0 Å². The van der Waals surface area contributed by atoms with E-state index in [1.807, 2.05) is 25.1 Å². The SMILES string of the molecule is Cc1cc(Nc2nccc(C(F)(F)F)n2)cc(-c2cnc(CCC(C)(C)O)s2)c1. The van der Waals surface area contributed by atoms with E-state index in [0.29, 0.717) is 18.5 Å². The molecule has 154 valence electrons. The van der Waals surface area contributed by atoms with E-state index in [1.165, 1.54) is 11.3 Å². The fourth-order valence-electron chi connectivity index (χ4n) is 2.68. The summed E-state index contributed by atoms with van der Waals surface area (Å²) in [4.78, 5) is 12.8. The van der Waals surface area contributed by atoms with Crippen LogP contribution in [0.15, 0.2) is 36.7 Å². The largest absolute Gasteiger partial charge is 0.433 e. The number of aryl methyl sites for hydroxylation is 2. The van der Waals surface area contributed by atoms with E-state index in [9.17, 15) is 18.3 Å². The highest BCUT2D eigenvalue weighted by atomic mass is 32.1. The number of nitrogens with zero attached hydrogens (tertiary/aromatic N) is 3. The minimum absolute atomic E-state index is 0.119. The van der Waals surface area contributed by atoms with E-state index in [-0.39, 0.29) is 5.95 Å². The Morgan fingerprint density at radius 3 is 2.59 bits per heavy atom. The predicted molar refractivity (Wildman–Crippen MR) is 107 cm³/mol. The van der Waals surface area contributed by atoms with Gasteiger partial charge in [-0.25, -0.2) is 15.0 Å². The Kier molecular flexibility index (Phi) is 5.90. The van der Waals surface area contributed by atoms with Crippen LogP contribution in [-0.2, 0) is 12.6 Å². The van der Waals surface area contributed by atoms with Crippen LogP contribution in [0.25, 0.3) is 10.4 Å². The third-order valence-electron chi connectivity index (χ3n) is 4.07. The molecular weight excluding hydrogens is 401 g/mol. The molecule has 0 fully saturated rings. The van der Waals surface area contributed by atoms with Crippen molar-refractivity contribution in [3.8, 4) is 10.4 Å². The van der Waals surface area contributed by atoms with E-state index >= 15 is 0 Å². The highest BCUT2D eigenvalue weighted by Gasteiger charge is 2.32. The van der Waals surface area contributed by atoms with Crippen molar-refractivity contribution in [3.63, 3.8) is 0 Å². The molecule has 9 heteroatoms. The fraction of sp³-hybridized carbons (Fsp3) is 0.350. The Balaban J connectivity index is 1.81. The summed E-state index contributed by atoms with van der Waals surface area (Å²) in [6.45, 7) is 5.42. The number of halogens is 3. The first-order chi connectivity index (χ1) is 13.5. The maximum absolute atomic E-state index is 12.9. The van der Waals surface area contributed by atoms with Crippen LogP contribution in [0.1, 0.15) is 36.5 Å². The van der Waals surface area contributed by atoms with Gasteiger partial charge in [0.25, 0.3) is 0 Å². The molecule has 0 aliphatic heterocycles. The molecule has 0 saturated carbocycles. The first kappa shape index (κ1) is 21.2. The molecule has 0 unspecified atom stereocenters. The highest BCUT2D eigenvalue weighted by molar-refractivity contribution is 7.15. The third-order valence-corrected chi connectivity index (χ3v) is 5.17. The van der Waals surface area contributed by atoms with Gasteiger partial charge in [-0.1, -0.05) is 6.07 Å². The Labute approximate surface area is 170 Å². The fourth-order valence-corrected chi connectivity index (χ4v) is 3.58. The standard InChI is InChI=1S/C20H21F3N4OS/c1-12-8-13(15-11-25-17(29-15)4-6-19(2,3)28)10-14(9-12)26-18-24-7-5-16(27-18)20(21,22)23/h5,7-11,28H,4,6H2,1-3H3,(H,24,26,27). The molecule has 2 N–H and O–H groups in total. The summed E-state index contributed by atoms with van der Waals surface area (Å²) < 4.78 is 38.6. The number of nitrogens with one attached hydrogen (secondary N) is 1. The number of aromatic nitrogens is 3. The lowest BCUT2D eigenvalue weighted by atomic mass is 10.0. The van der Waals surface area contributed by atoms with Crippen LogP contribution in [0.3, 0.4) is 0 Å². The van der Waals surface area contributed by atoms with Crippen molar-refractivity contribution in [2.24, 2.45) is 0 Å². The topological polar surface area (TPSA) is 70.9 Å². The van der Waals surface area contributed by atoms with E-state index < -0.39 is 17.5 Å². The second kappa shape index (κ2) is 8.08. The number of thiazole rings is 1. The second-order valence-electron chi connectivity index (χ2n) is 7.41. The number of benzene rings is 1. The minimum Gasteiger partial charge on any atom is -0.390 e. The van der Waals surface area contributed by atoms with E-state index in [2.05, 4.69) is 20.3 Å². The van der Waals surface area contributed by atoms with E-state index in [4.69, 9.17) is 0 Å². The Hall–Kier alpha value is -2.52. The van der Waals surface area contributed by atoms with E-state index in [0.717, 1.165) is 33.3 Å². The van der Waals surface area contributed by atoms with Crippen molar-refractivity contribution in [2.75, 3.05) is 5.32 Å². The Bertz CT molecular complexity index is 996. The third kappa shape index (κ3) is 5.98. The number of hydrogen-bond donors (Lipinski definition) is 2. The van der Waals surface area contributed by atoms with Crippen LogP contribution >= 0.6 is 11.3 Å². The molecule has 1 aromatic carbocycles. The van der Waals surface area contributed by atoms with Gasteiger partial charge >= 0.3 is 6.18 Å². The van der Waals surface area contributed by atoms with Gasteiger partial charge in [-0.15, -0.1) is 11.3 Å². The van der Waals surface area contributed by atoms with Crippen molar-refractivity contribution in [1.29, 1.82) is 0 Å². The van der Waals surface area contributed by atoms with Crippen LogP contribution in [-0.4, -0.2) is 25.7 Å². The molecule has 0 amide bonds. The quantitative estimate of drug-likeness (QED) is 0.559. The van der Waals surface area contributed by atoms with Gasteiger partial charge in [0.2, 0.25) is 5.95 Å². The second-order valence-corrected chi connectivity index (χ2v) is 8.52. The molecule has 0 aliphatic carbocycles. The average molecular weight is 422 g/mol.